The zero-order chi connectivity index (χ0) is 11.4. The monoisotopic (exact) mass is 234 g/mol. The fourth-order valence-electron chi connectivity index (χ4n) is 2.31. The van der Waals surface area contributed by atoms with Gasteiger partial charge in [-0.1, -0.05) is 41.9 Å². The maximum Gasteiger partial charge on any atom is 0.166 e. The summed E-state index contributed by atoms with van der Waals surface area (Å²) in [7, 11) is 0. The van der Waals surface area contributed by atoms with Gasteiger partial charge in [0.05, 0.1) is 0 Å². The molecular weight excluding hydrogens is 220 g/mol. The molecule has 1 atom stereocenters. The molecular formula is C14H15ClO. The summed E-state index contributed by atoms with van der Waals surface area (Å²) < 4.78 is 0. The lowest BCUT2D eigenvalue weighted by Gasteiger charge is -2.10. The Morgan fingerprint density at radius 2 is 2.19 bits per heavy atom. The minimum atomic E-state index is 0.110. The fraction of sp³-hybridized carbons (Fsp3) is 0.357. The van der Waals surface area contributed by atoms with E-state index < -0.39 is 0 Å². The zero-order valence-electron chi connectivity index (χ0n) is 9.16. The number of hydrogen-bond donors (Lipinski definition) is 0. The van der Waals surface area contributed by atoms with Crippen LogP contribution in [0.25, 0.3) is 0 Å². The number of rotatable bonds is 2. The van der Waals surface area contributed by atoms with Crippen LogP contribution in [-0.2, 0) is 6.42 Å². The van der Waals surface area contributed by atoms with Crippen molar-refractivity contribution in [1.82, 2.24) is 0 Å². The molecule has 0 N–H and O–H groups in total. The van der Waals surface area contributed by atoms with Crippen molar-refractivity contribution in [2.75, 3.05) is 0 Å². The molecule has 1 unspecified atom stereocenters. The molecule has 0 saturated heterocycles. The topological polar surface area (TPSA) is 17.1 Å². The Morgan fingerprint density at radius 3 is 3.00 bits per heavy atom. The van der Waals surface area contributed by atoms with Crippen LogP contribution in [0.5, 0.6) is 0 Å². The van der Waals surface area contributed by atoms with Gasteiger partial charge in [0.1, 0.15) is 0 Å². The quantitative estimate of drug-likeness (QED) is 0.708. The van der Waals surface area contributed by atoms with Crippen molar-refractivity contribution in [3.05, 3.63) is 47.0 Å². The minimum Gasteiger partial charge on any atom is -0.294 e. The van der Waals surface area contributed by atoms with Crippen molar-refractivity contribution >= 4 is 17.4 Å². The number of carbonyl (C=O) groups is 1. The number of aryl methyl sites for hydroxylation is 1. The Hall–Kier alpha value is -1.08. The highest BCUT2D eigenvalue weighted by Gasteiger charge is 2.23. The number of hydrogen-bond acceptors (Lipinski definition) is 1. The Bertz CT molecular complexity index is 409. The van der Waals surface area contributed by atoms with Gasteiger partial charge in [0.25, 0.3) is 0 Å². The lowest BCUT2D eigenvalue weighted by molar-refractivity contribution is 0.0917. The summed E-state index contributed by atoms with van der Waals surface area (Å²) in [5.41, 5.74) is 3.61. The van der Waals surface area contributed by atoms with E-state index in [4.69, 9.17) is 11.6 Å². The van der Waals surface area contributed by atoms with E-state index in [-0.39, 0.29) is 11.7 Å². The molecule has 0 fully saturated rings. The number of allylic oxidation sites excluding steroid dienone is 1. The molecule has 1 aliphatic rings. The summed E-state index contributed by atoms with van der Waals surface area (Å²) in [5.74, 6) is 0.390. The van der Waals surface area contributed by atoms with E-state index in [9.17, 15) is 4.79 Å². The van der Waals surface area contributed by atoms with Crippen molar-refractivity contribution in [3.8, 4) is 0 Å². The normalized spacial score (nSPS) is 20.8. The first-order valence-corrected chi connectivity index (χ1v) is 6.14. The molecule has 2 heteroatoms. The molecule has 1 aromatic carbocycles. The summed E-state index contributed by atoms with van der Waals surface area (Å²) in [4.78, 5) is 12.3. The van der Waals surface area contributed by atoms with Gasteiger partial charge in [-0.15, -0.1) is 0 Å². The van der Waals surface area contributed by atoms with E-state index in [1.165, 1.54) is 11.1 Å². The SMILES string of the molecule is O=C1c2ccccc2CCCC1C/C=C/Cl. The molecule has 0 aromatic heterocycles. The van der Waals surface area contributed by atoms with Crippen LogP contribution in [0, 0.1) is 5.92 Å². The molecule has 16 heavy (non-hydrogen) atoms. The highest BCUT2D eigenvalue weighted by Crippen LogP contribution is 2.26. The van der Waals surface area contributed by atoms with Gasteiger partial charge in [0.15, 0.2) is 5.78 Å². The first kappa shape index (κ1) is 11.4. The van der Waals surface area contributed by atoms with Crippen molar-refractivity contribution in [2.24, 2.45) is 5.92 Å². The molecule has 2 rings (SSSR count). The number of fused-ring (bicyclic) bond motifs is 1. The third-order valence-electron chi connectivity index (χ3n) is 3.16. The van der Waals surface area contributed by atoms with Crippen molar-refractivity contribution in [2.45, 2.75) is 25.7 Å². The van der Waals surface area contributed by atoms with Crippen LogP contribution in [-0.4, -0.2) is 5.78 Å². The molecule has 1 nitrogen and oxygen atoms in total. The van der Waals surface area contributed by atoms with Crippen LogP contribution in [0.3, 0.4) is 0 Å². The first-order valence-electron chi connectivity index (χ1n) is 5.70. The van der Waals surface area contributed by atoms with Gasteiger partial charge in [0.2, 0.25) is 0 Å². The third-order valence-corrected chi connectivity index (χ3v) is 3.34. The summed E-state index contributed by atoms with van der Waals surface area (Å²) in [6.45, 7) is 0. The highest BCUT2D eigenvalue weighted by molar-refractivity contribution is 6.25. The second-order valence-corrected chi connectivity index (χ2v) is 4.46. The fourth-order valence-corrected chi connectivity index (χ4v) is 2.41. The molecule has 0 spiro atoms. The summed E-state index contributed by atoms with van der Waals surface area (Å²) in [5, 5.41) is 0. The van der Waals surface area contributed by atoms with Gasteiger partial charge in [0, 0.05) is 17.0 Å². The second kappa shape index (κ2) is 5.31. The van der Waals surface area contributed by atoms with Crippen LogP contribution in [0.1, 0.15) is 35.2 Å². The lowest BCUT2D eigenvalue weighted by Crippen LogP contribution is -2.13. The van der Waals surface area contributed by atoms with Crippen molar-refractivity contribution < 1.29 is 4.79 Å². The zero-order valence-corrected chi connectivity index (χ0v) is 9.91. The summed E-state index contributed by atoms with van der Waals surface area (Å²) >= 11 is 5.52. The van der Waals surface area contributed by atoms with Crippen molar-refractivity contribution in [3.63, 3.8) is 0 Å². The smallest absolute Gasteiger partial charge is 0.166 e. The van der Waals surface area contributed by atoms with E-state index in [0.717, 1.165) is 31.2 Å². The van der Waals surface area contributed by atoms with Gasteiger partial charge in [-0.2, -0.15) is 0 Å². The van der Waals surface area contributed by atoms with Crippen LogP contribution in [0.2, 0.25) is 0 Å². The molecule has 0 saturated carbocycles. The van der Waals surface area contributed by atoms with Crippen molar-refractivity contribution in [1.29, 1.82) is 0 Å². The Kier molecular flexibility index (Phi) is 3.79. The largest absolute Gasteiger partial charge is 0.294 e. The maximum atomic E-state index is 12.3. The Balaban J connectivity index is 2.26. The highest BCUT2D eigenvalue weighted by atomic mass is 35.5. The standard InChI is InChI=1S/C14H15ClO/c15-10-4-8-12-7-3-6-11-5-1-2-9-13(11)14(12)16/h1-2,4-5,9-10,12H,3,6-8H2/b10-4+. The molecule has 1 aromatic rings. The first-order chi connectivity index (χ1) is 7.83. The number of halogens is 1. The van der Waals surface area contributed by atoms with Gasteiger partial charge >= 0.3 is 0 Å². The van der Waals surface area contributed by atoms with Gasteiger partial charge in [-0.25, -0.2) is 0 Å². The molecule has 0 aliphatic heterocycles. The van der Waals surface area contributed by atoms with Crippen LogP contribution >= 0.6 is 11.6 Å². The molecule has 0 bridgehead atoms. The molecule has 0 radical (unpaired) electrons. The van der Waals surface area contributed by atoms with E-state index in [1.807, 2.05) is 24.3 Å². The van der Waals surface area contributed by atoms with E-state index in [2.05, 4.69) is 6.07 Å². The number of carbonyl (C=O) groups excluding carboxylic acids is 1. The number of ketones is 1. The molecule has 84 valence electrons. The van der Waals surface area contributed by atoms with Gasteiger partial charge < -0.3 is 0 Å². The van der Waals surface area contributed by atoms with Crippen LogP contribution < -0.4 is 0 Å². The lowest BCUT2D eigenvalue weighted by atomic mass is 9.92. The molecule has 1 aliphatic carbocycles. The van der Waals surface area contributed by atoms with Gasteiger partial charge in [-0.05, 0) is 31.2 Å². The van der Waals surface area contributed by atoms with E-state index in [0.29, 0.717) is 0 Å². The average Bonchev–Trinajstić information content (AvgIpc) is 2.47. The summed E-state index contributed by atoms with van der Waals surface area (Å²) in [6, 6.07) is 7.95. The van der Waals surface area contributed by atoms with Crippen LogP contribution in [0.4, 0.5) is 0 Å². The predicted molar refractivity (Wildman–Crippen MR) is 66.8 cm³/mol. The van der Waals surface area contributed by atoms with Crippen LogP contribution in [0.15, 0.2) is 35.9 Å². The minimum absolute atomic E-state index is 0.110. The van der Waals surface area contributed by atoms with E-state index >= 15 is 0 Å². The van der Waals surface area contributed by atoms with Gasteiger partial charge in [-0.3, -0.25) is 4.79 Å². The number of Topliss-reactive ketones (excluding diaryl/α,β-unsaturated/α-hetero) is 1. The maximum absolute atomic E-state index is 12.3. The average molecular weight is 235 g/mol. The molecule has 0 amide bonds. The van der Waals surface area contributed by atoms with E-state index in [1.54, 1.807) is 0 Å². The number of benzene rings is 1. The Morgan fingerprint density at radius 1 is 1.38 bits per heavy atom. The third kappa shape index (κ3) is 2.35. The molecule has 0 heterocycles. The predicted octanol–water partition coefficient (Wildman–Crippen LogP) is 3.96. The summed E-state index contributed by atoms with van der Waals surface area (Å²) in [6.07, 6.45) is 5.70. The Labute approximate surface area is 101 Å². The second-order valence-electron chi connectivity index (χ2n) is 4.21.